The molecule has 18 heavy (non-hydrogen) atoms. The second kappa shape index (κ2) is 6.13. The largest absolute Gasteiger partial charge is 0.374 e. The lowest BCUT2D eigenvalue weighted by atomic mass is 9.62. The highest BCUT2D eigenvalue weighted by Gasteiger charge is 2.53. The van der Waals surface area contributed by atoms with Crippen LogP contribution < -0.4 is 0 Å². The zero-order valence-corrected chi connectivity index (χ0v) is 13.0. The maximum Gasteiger partial charge on any atom is 0.0663 e. The number of alkyl halides is 1. The van der Waals surface area contributed by atoms with Crippen molar-refractivity contribution < 1.29 is 4.74 Å². The Hall–Kier alpha value is 0.250. The lowest BCUT2D eigenvalue weighted by Gasteiger charge is -2.54. The minimum atomic E-state index is 0.261. The van der Waals surface area contributed by atoms with Crippen LogP contribution in [0.2, 0.25) is 0 Å². The molecule has 2 aliphatic rings. The summed E-state index contributed by atoms with van der Waals surface area (Å²) in [6.45, 7) is 6.85. The summed E-state index contributed by atoms with van der Waals surface area (Å²) in [5.41, 5.74) is 0.261. The Kier molecular flexibility index (Phi) is 4.99. The number of hydrogen-bond acceptors (Lipinski definition) is 1. The predicted molar refractivity (Wildman–Crippen MR) is 78.2 cm³/mol. The molecule has 0 heterocycles. The molecular formula is C16H29ClO. The molecule has 0 aliphatic heterocycles. The van der Waals surface area contributed by atoms with Crippen LogP contribution in [-0.4, -0.2) is 17.6 Å². The zero-order valence-electron chi connectivity index (χ0n) is 12.3. The van der Waals surface area contributed by atoms with Gasteiger partial charge in [-0.2, -0.15) is 0 Å². The fourth-order valence-electron chi connectivity index (χ4n) is 4.07. The van der Waals surface area contributed by atoms with E-state index in [9.17, 15) is 0 Å². The van der Waals surface area contributed by atoms with Crippen LogP contribution in [0.3, 0.4) is 0 Å². The third-order valence-electron chi connectivity index (χ3n) is 5.71. The fraction of sp³-hybridized carbons (Fsp3) is 1.00. The molecule has 106 valence electrons. The SMILES string of the molecule is CCC1CCCCC1OC1CC(Cl)C1(CC)CC. The summed E-state index contributed by atoms with van der Waals surface area (Å²) in [6, 6.07) is 0. The van der Waals surface area contributed by atoms with Gasteiger partial charge >= 0.3 is 0 Å². The van der Waals surface area contributed by atoms with E-state index in [4.69, 9.17) is 16.3 Å². The molecule has 0 N–H and O–H groups in total. The number of ether oxygens (including phenoxy) is 1. The lowest BCUT2D eigenvalue weighted by molar-refractivity contribution is -0.163. The van der Waals surface area contributed by atoms with Crippen LogP contribution in [0.5, 0.6) is 0 Å². The monoisotopic (exact) mass is 272 g/mol. The van der Waals surface area contributed by atoms with Crippen LogP contribution in [0.25, 0.3) is 0 Å². The van der Waals surface area contributed by atoms with Gasteiger partial charge < -0.3 is 4.74 Å². The molecule has 2 rings (SSSR count). The molecular weight excluding hydrogens is 244 g/mol. The Morgan fingerprint density at radius 3 is 2.33 bits per heavy atom. The summed E-state index contributed by atoms with van der Waals surface area (Å²) < 4.78 is 6.51. The third kappa shape index (κ3) is 2.45. The van der Waals surface area contributed by atoms with Gasteiger partial charge in [0.05, 0.1) is 12.2 Å². The summed E-state index contributed by atoms with van der Waals surface area (Å²) >= 11 is 6.47. The van der Waals surface area contributed by atoms with Gasteiger partial charge in [-0.3, -0.25) is 0 Å². The summed E-state index contributed by atoms with van der Waals surface area (Å²) in [4.78, 5) is 0. The first-order chi connectivity index (χ1) is 8.67. The number of rotatable bonds is 5. The Bertz CT molecular complexity index is 262. The first-order valence-electron chi connectivity index (χ1n) is 7.97. The third-order valence-corrected chi connectivity index (χ3v) is 6.32. The molecule has 0 aromatic heterocycles. The van der Waals surface area contributed by atoms with E-state index in [0.717, 1.165) is 25.2 Å². The summed E-state index contributed by atoms with van der Waals surface area (Å²) in [6.07, 6.45) is 11.0. The summed E-state index contributed by atoms with van der Waals surface area (Å²) in [5, 5.41) is 0.334. The van der Waals surface area contributed by atoms with Crippen LogP contribution >= 0.6 is 11.6 Å². The first kappa shape index (κ1) is 14.7. The molecule has 0 spiro atoms. The summed E-state index contributed by atoms with van der Waals surface area (Å²) in [7, 11) is 0. The first-order valence-corrected chi connectivity index (χ1v) is 8.41. The standard InChI is InChI=1S/C16H29ClO/c1-4-12-9-7-8-10-13(12)18-15-11-14(17)16(15,5-2)6-3/h12-15H,4-11H2,1-3H3. The van der Waals surface area contributed by atoms with Gasteiger partial charge in [0.1, 0.15) is 0 Å². The Morgan fingerprint density at radius 2 is 1.78 bits per heavy atom. The highest BCUT2D eigenvalue weighted by Crippen LogP contribution is 2.53. The van der Waals surface area contributed by atoms with Crippen molar-refractivity contribution >= 4 is 11.6 Å². The molecule has 0 bridgehead atoms. The van der Waals surface area contributed by atoms with Gasteiger partial charge in [0.2, 0.25) is 0 Å². The second-order valence-corrected chi connectivity index (χ2v) is 6.79. The van der Waals surface area contributed by atoms with Gasteiger partial charge in [-0.05, 0) is 38.0 Å². The topological polar surface area (TPSA) is 9.23 Å². The molecule has 0 radical (unpaired) electrons. The molecule has 0 amide bonds. The van der Waals surface area contributed by atoms with Crippen molar-refractivity contribution in [3.05, 3.63) is 0 Å². The minimum Gasteiger partial charge on any atom is -0.374 e. The Morgan fingerprint density at radius 1 is 1.11 bits per heavy atom. The normalized spacial score (nSPS) is 39.3. The van der Waals surface area contributed by atoms with Crippen molar-refractivity contribution in [2.45, 2.75) is 89.7 Å². The van der Waals surface area contributed by atoms with Crippen molar-refractivity contribution in [1.29, 1.82) is 0 Å². The smallest absolute Gasteiger partial charge is 0.0663 e. The van der Waals surface area contributed by atoms with E-state index < -0.39 is 0 Å². The van der Waals surface area contributed by atoms with Crippen LogP contribution in [0, 0.1) is 11.3 Å². The Labute approximate surface area is 118 Å². The lowest BCUT2D eigenvalue weighted by Crippen LogP contribution is -2.56. The van der Waals surface area contributed by atoms with E-state index >= 15 is 0 Å². The van der Waals surface area contributed by atoms with E-state index in [1.54, 1.807) is 0 Å². The summed E-state index contributed by atoms with van der Waals surface area (Å²) in [5.74, 6) is 0.791. The molecule has 2 fully saturated rings. The van der Waals surface area contributed by atoms with E-state index in [2.05, 4.69) is 20.8 Å². The van der Waals surface area contributed by atoms with E-state index in [0.29, 0.717) is 17.6 Å². The van der Waals surface area contributed by atoms with E-state index in [-0.39, 0.29) is 5.41 Å². The number of halogens is 1. The van der Waals surface area contributed by atoms with Crippen molar-refractivity contribution in [2.24, 2.45) is 11.3 Å². The maximum absolute atomic E-state index is 6.51. The van der Waals surface area contributed by atoms with Gasteiger partial charge in [0.25, 0.3) is 0 Å². The van der Waals surface area contributed by atoms with Gasteiger partial charge in [-0.15, -0.1) is 11.6 Å². The minimum absolute atomic E-state index is 0.261. The number of hydrogen-bond donors (Lipinski definition) is 0. The highest BCUT2D eigenvalue weighted by molar-refractivity contribution is 6.21. The van der Waals surface area contributed by atoms with E-state index in [1.165, 1.54) is 32.1 Å². The van der Waals surface area contributed by atoms with Crippen molar-refractivity contribution in [3.8, 4) is 0 Å². The molecule has 1 nitrogen and oxygen atoms in total. The zero-order chi connectivity index (χ0) is 13.2. The van der Waals surface area contributed by atoms with Gasteiger partial charge in [0.15, 0.2) is 0 Å². The molecule has 2 aliphatic carbocycles. The molecule has 2 heteroatoms. The predicted octanol–water partition coefficient (Wildman–Crippen LogP) is 5.16. The molecule has 4 unspecified atom stereocenters. The van der Waals surface area contributed by atoms with Gasteiger partial charge in [0, 0.05) is 10.8 Å². The Balaban J connectivity index is 1.96. The molecule has 0 aromatic rings. The van der Waals surface area contributed by atoms with Crippen molar-refractivity contribution in [1.82, 2.24) is 0 Å². The van der Waals surface area contributed by atoms with Crippen molar-refractivity contribution in [2.75, 3.05) is 0 Å². The quantitative estimate of drug-likeness (QED) is 0.628. The maximum atomic E-state index is 6.51. The second-order valence-electron chi connectivity index (χ2n) is 6.26. The van der Waals surface area contributed by atoms with Crippen LogP contribution in [0.15, 0.2) is 0 Å². The van der Waals surface area contributed by atoms with Crippen LogP contribution in [0.1, 0.15) is 72.1 Å². The van der Waals surface area contributed by atoms with Gasteiger partial charge in [-0.25, -0.2) is 0 Å². The molecule has 0 saturated heterocycles. The van der Waals surface area contributed by atoms with E-state index in [1.807, 2.05) is 0 Å². The van der Waals surface area contributed by atoms with Crippen molar-refractivity contribution in [3.63, 3.8) is 0 Å². The highest BCUT2D eigenvalue weighted by atomic mass is 35.5. The molecule has 4 atom stereocenters. The van der Waals surface area contributed by atoms with Crippen LogP contribution in [0.4, 0.5) is 0 Å². The average Bonchev–Trinajstić information content (AvgIpc) is 2.40. The van der Waals surface area contributed by atoms with Gasteiger partial charge in [-0.1, -0.05) is 40.0 Å². The van der Waals surface area contributed by atoms with Crippen LogP contribution in [-0.2, 0) is 4.74 Å². The fourth-order valence-corrected chi connectivity index (χ4v) is 4.68. The average molecular weight is 273 g/mol. The molecule has 2 saturated carbocycles. The molecule has 0 aromatic carbocycles.